The van der Waals surface area contributed by atoms with Gasteiger partial charge >= 0.3 is 5.97 Å². The topological polar surface area (TPSA) is 67.9 Å². The number of nitrogens with one attached hydrogen (secondary N) is 1. The largest absolute Gasteiger partial charge is 0.489 e. The summed E-state index contributed by atoms with van der Waals surface area (Å²) >= 11 is 1.48. The Balaban J connectivity index is 1.43. The minimum Gasteiger partial charge on any atom is -0.489 e. The predicted molar refractivity (Wildman–Crippen MR) is 137 cm³/mol. The summed E-state index contributed by atoms with van der Waals surface area (Å²) in [6.45, 7) is 3.33. The van der Waals surface area contributed by atoms with Crippen LogP contribution in [0.4, 0.5) is 11.4 Å². The van der Waals surface area contributed by atoms with Crippen LogP contribution in [0.2, 0.25) is 0 Å². The molecule has 1 N–H and O–H groups in total. The molecule has 3 aromatic rings. The van der Waals surface area contributed by atoms with E-state index in [4.69, 9.17) is 9.47 Å². The molecule has 0 bridgehead atoms. The van der Waals surface area contributed by atoms with Gasteiger partial charge in [-0.1, -0.05) is 36.4 Å². The lowest BCUT2D eigenvalue weighted by Gasteiger charge is -2.28. The number of amides is 1. The number of thioether (sulfide) groups is 1. The van der Waals surface area contributed by atoms with E-state index in [-0.39, 0.29) is 5.91 Å². The van der Waals surface area contributed by atoms with Crippen LogP contribution in [0.25, 0.3) is 0 Å². The van der Waals surface area contributed by atoms with Gasteiger partial charge in [-0.3, -0.25) is 4.79 Å². The number of ether oxygens (including phenoxy) is 2. The fraction of sp³-hybridized carbons (Fsp3) is 0.259. The molecule has 1 unspecified atom stereocenters. The third-order valence-corrected chi connectivity index (χ3v) is 6.52. The summed E-state index contributed by atoms with van der Waals surface area (Å²) in [7, 11) is 0. The Hall–Kier alpha value is -3.45. The van der Waals surface area contributed by atoms with Gasteiger partial charge in [0.05, 0.1) is 12.2 Å². The van der Waals surface area contributed by atoms with Crippen LogP contribution < -0.4 is 15.0 Å². The van der Waals surface area contributed by atoms with Gasteiger partial charge in [0.25, 0.3) is 5.91 Å². The number of carbonyl (C=O) groups is 2. The first-order valence-electron chi connectivity index (χ1n) is 11.3. The minimum atomic E-state index is -0.404. The zero-order valence-corrected chi connectivity index (χ0v) is 20.1. The fourth-order valence-electron chi connectivity index (χ4n) is 4.00. The molecule has 1 aliphatic heterocycles. The second-order valence-electron chi connectivity index (χ2n) is 7.89. The zero-order valence-electron chi connectivity index (χ0n) is 19.3. The van der Waals surface area contributed by atoms with Crippen LogP contribution in [-0.2, 0) is 22.6 Å². The van der Waals surface area contributed by atoms with Crippen LogP contribution in [0.15, 0.2) is 72.8 Å². The van der Waals surface area contributed by atoms with E-state index < -0.39 is 11.3 Å². The third-order valence-electron chi connectivity index (χ3n) is 5.60. The van der Waals surface area contributed by atoms with Gasteiger partial charge in [-0.25, -0.2) is 4.79 Å². The van der Waals surface area contributed by atoms with Crippen LogP contribution in [-0.4, -0.2) is 36.7 Å². The van der Waals surface area contributed by atoms with E-state index in [0.29, 0.717) is 24.5 Å². The number of esters is 1. The van der Waals surface area contributed by atoms with Gasteiger partial charge in [-0.05, 0) is 67.1 Å². The Morgan fingerprint density at radius 3 is 2.65 bits per heavy atom. The van der Waals surface area contributed by atoms with Crippen molar-refractivity contribution in [3.8, 4) is 5.75 Å². The second-order valence-corrected chi connectivity index (χ2v) is 8.80. The maximum atomic E-state index is 13.2. The molecule has 7 heteroatoms. The molecule has 0 radical (unpaired) electrons. The Kier molecular flexibility index (Phi) is 7.75. The highest BCUT2D eigenvalue weighted by molar-refractivity contribution is 8.00. The highest BCUT2D eigenvalue weighted by atomic mass is 32.2. The molecule has 3 aromatic carbocycles. The summed E-state index contributed by atoms with van der Waals surface area (Å²) in [6.07, 6.45) is 2.77. The second kappa shape index (κ2) is 11.1. The summed E-state index contributed by atoms with van der Waals surface area (Å²) in [6, 6.07) is 22.9. The Labute approximate surface area is 204 Å². The number of fused-ring (bicyclic) bond motifs is 1. The quantitative estimate of drug-likeness (QED) is 0.432. The highest BCUT2D eigenvalue weighted by Gasteiger charge is 2.31. The maximum Gasteiger partial charge on any atom is 0.338 e. The summed E-state index contributed by atoms with van der Waals surface area (Å²) in [5, 5.41) is 2.55. The molecule has 0 aromatic heterocycles. The molecule has 0 saturated carbocycles. The molecule has 176 valence electrons. The average molecular weight is 477 g/mol. The number of nitrogens with zero attached hydrogens (tertiary/aromatic N) is 1. The van der Waals surface area contributed by atoms with Crippen molar-refractivity contribution in [3.05, 3.63) is 89.5 Å². The number of hydrogen-bond acceptors (Lipinski definition) is 6. The molecular weight excluding hydrogens is 448 g/mol. The molecule has 0 aliphatic carbocycles. The smallest absolute Gasteiger partial charge is 0.338 e. The first kappa shape index (κ1) is 23.7. The highest BCUT2D eigenvalue weighted by Crippen LogP contribution is 2.35. The van der Waals surface area contributed by atoms with Crippen LogP contribution in [0.3, 0.4) is 0 Å². The van der Waals surface area contributed by atoms with Crippen molar-refractivity contribution in [2.75, 3.05) is 29.6 Å². The number of carbonyl (C=O) groups excluding carboxylic acids is 2. The monoisotopic (exact) mass is 476 g/mol. The van der Waals surface area contributed by atoms with E-state index in [9.17, 15) is 9.59 Å². The van der Waals surface area contributed by atoms with Crippen LogP contribution in [0.5, 0.6) is 5.75 Å². The summed E-state index contributed by atoms with van der Waals surface area (Å²) in [5.41, 5.74) is 4.31. The van der Waals surface area contributed by atoms with Gasteiger partial charge in [-0.2, -0.15) is 0 Å². The van der Waals surface area contributed by atoms with Crippen molar-refractivity contribution < 1.29 is 19.1 Å². The van der Waals surface area contributed by atoms with E-state index in [0.717, 1.165) is 30.0 Å². The Bertz CT molecular complexity index is 1150. The van der Waals surface area contributed by atoms with Crippen LogP contribution >= 0.6 is 11.8 Å². The number of benzene rings is 3. The first-order valence-corrected chi connectivity index (χ1v) is 12.5. The zero-order chi connectivity index (χ0) is 23.9. The fourth-order valence-corrected chi connectivity index (χ4v) is 4.74. The molecule has 34 heavy (non-hydrogen) atoms. The van der Waals surface area contributed by atoms with Gasteiger partial charge < -0.3 is 19.7 Å². The van der Waals surface area contributed by atoms with Gasteiger partial charge in [0.15, 0.2) is 5.37 Å². The van der Waals surface area contributed by atoms with E-state index in [1.807, 2.05) is 48.7 Å². The average Bonchev–Trinajstić information content (AvgIpc) is 3.27. The van der Waals surface area contributed by atoms with Crippen molar-refractivity contribution in [2.45, 2.75) is 25.3 Å². The van der Waals surface area contributed by atoms with E-state index in [1.54, 1.807) is 31.2 Å². The van der Waals surface area contributed by atoms with Crippen molar-refractivity contribution in [3.63, 3.8) is 0 Å². The molecule has 0 saturated heterocycles. The molecule has 0 fully saturated rings. The van der Waals surface area contributed by atoms with E-state index in [2.05, 4.69) is 16.3 Å². The molecular formula is C27H28N2O4S. The lowest BCUT2D eigenvalue weighted by atomic mass is 10.1. The Morgan fingerprint density at radius 1 is 1.06 bits per heavy atom. The van der Waals surface area contributed by atoms with E-state index in [1.165, 1.54) is 17.3 Å². The van der Waals surface area contributed by atoms with Gasteiger partial charge in [0.1, 0.15) is 12.4 Å². The lowest BCUT2D eigenvalue weighted by molar-refractivity contribution is -0.115. The summed E-state index contributed by atoms with van der Waals surface area (Å²) < 4.78 is 11.0. The SMILES string of the molecule is CCOC(=O)c1cccc(NC(=O)C(SC)N2CCc3cc(OCc4ccccc4)ccc32)c1. The number of rotatable bonds is 9. The number of anilines is 2. The standard InChI is InChI=1S/C27H28N2O4S/c1-3-32-27(31)21-10-7-11-22(16-21)28-25(30)26(34-2)29-15-14-20-17-23(12-13-24(20)29)33-18-19-8-5-4-6-9-19/h4-13,16-17,26H,3,14-15,18H2,1-2H3,(H,28,30). The summed E-state index contributed by atoms with van der Waals surface area (Å²) in [5.74, 6) is 0.287. The molecule has 4 rings (SSSR count). The normalized spacial score (nSPS) is 13.2. The van der Waals surface area contributed by atoms with Crippen LogP contribution in [0.1, 0.15) is 28.4 Å². The maximum absolute atomic E-state index is 13.2. The van der Waals surface area contributed by atoms with Gasteiger partial charge in [0, 0.05) is 17.9 Å². The predicted octanol–water partition coefficient (Wildman–Crippen LogP) is 5.13. The van der Waals surface area contributed by atoms with Crippen molar-refractivity contribution >= 4 is 35.0 Å². The molecule has 0 spiro atoms. The van der Waals surface area contributed by atoms with E-state index >= 15 is 0 Å². The first-order chi connectivity index (χ1) is 16.6. The van der Waals surface area contributed by atoms with Gasteiger partial charge in [0.2, 0.25) is 0 Å². The lowest BCUT2D eigenvalue weighted by Crippen LogP contribution is -2.41. The molecule has 1 atom stereocenters. The third kappa shape index (κ3) is 5.54. The van der Waals surface area contributed by atoms with Crippen molar-refractivity contribution in [1.29, 1.82) is 0 Å². The summed E-state index contributed by atoms with van der Waals surface area (Å²) in [4.78, 5) is 27.3. The van der Waals surface area contributed by atoms with Crippen molar-refractivity contribution in [2.24, 2.45) is 0 Å². The minimum absolute atomic E-state index is 0.134. The van der Waals surface area contributed by atoms with Gasteiger partial charge in [-0.15, -0.1) is 11.8 Å². The molecule has 6 nitrogen and oxygen atoms in total. The number of hydrogen-bond donors (Lipinski definition) is 1. The Morgan fingerprint density at radius 2 is 1.88 bits per heavy atom. The molecule has 1 heterocycles. The molecule has 1 aliphatic rings. The van der Waals surface area contributed by atoms with Crippen LogP contribution in [0, 0.1) is 0 Å². The molecule has 1 amide bonds. The van der Waals surface area contributed by atoms with Crippen molar-refractivity contribution in [1.82, 2.24) is 0 Å².